The van der Waals surface area contributed by atoms with Crippen molar-refractivity contribution < 1.29 is 4.74 Å². The highest BCUT2D eigenvalue weighted by atomic mass is 35.5. The summed E-state index contributed by atoms with van der Waals surface area (Å²) in [6, 6.07) is 6.89. The van der Waals surface area contributed by atoms with Crippen molar-refractivity contribution in [3.8, 4) is 11.8 Å². The van der Waals surface area contributed by atoms with E-state index in [1.165, 1.54) is 13.4 Å². The molecule has 102 valence electrons. The maximum absolute atomic E-state index is 8.90. The van der Waals surface area contributed by atoms with E-state index in [-0.39, 0.29) is 0 Å². The van der Waals surface area contributed by atoms with Crippen LogP contribution in [0, 0.1) is 11.3 Å². The molecule has 0 aliphatic heterocycles. The van der Waals surface area contributed by atoms with Crippen LogP contribution in [0.3, 0.4) is 0 Å². The summed E-state index contributed by atoms with van der Waals surface area (Å²) in [6.45, 7) is 0. The second kappa shape index (κ2) is 6.06. The number of methoxy groups -OCH3 is 1. The fraction of sp³-hybridized carbons (Fsp3) is 0.0833. The Hall–Kier alpha value is -2.56. The summed E-state index contributed by atoms with van der Waals surface area (Å²) in [5.74, 6) is 6.40. The van der Waals surface area contributed by atoms with Crippen LogP contribution in [0.4, 0.5) is 17.3 Å². The van der Waals surface area contributed by atoms with Gasteiger partial charge < -0.3 is 15.5 Å². The van der Waals surface area contributed by atoms with Crippen LogP contribution in [-0.2, 0) is 0 Å². The minimum absolute atomic E-state index is 0.331. The molecule has 0 aliphatic carbocycles. The summed E-state index contributed by atoms with van der Waals surface area (Å²) in [5.41, 5.74) is 3.42. The Morgan fingerprint density at radius 1 is 1.35 bits per heavy atom. The molecule has 2 aromatic rings. The number of nitrogens with one attached hydrogen (secondary N) is 2. The standard InChI is InChI=1S/C12H11ClN6O/c1-20-10-11(16-6-17-12(10)19-15)18-9-4-7(5-14)2-3-8(9)13/h2-4,6H,15H2,1H3,(H2,16,17,18,19). The van der Waals surface area contributed by atoms with Crippen LogP contribution in [0.25, 0.3) is 0 Å². The molecule has 20 heavy (non-hydrogen) atoms. The quantitative estimate of drug-likeness (QED) is 0.584. The fourth-order valence-electron chi connectivity index (χ4n) is 1.58. The molecule has 0 aliphatic rings. The summed E-state index contributed by atoms with van der Waals surface area (Å²) >= 11 is 6.08. The molecule has 1 heterocycles. The number of benzene rings is 1. The van der Waals surface area contributed by atoms with Crippen molar-refractivity contribution in [1.29, 1.82) is 5.26 Å². The number of nitrogens with zero attached hydrogens (tertiary/aromatic N) is 3. The van der Waals surface area contributed by atoms with Crippen molar-refractivity contribution in [2.24, 2.45) is 5.84 Å². The van der Waals surface area contributed by atoms with Gasteiger partial charge in [-0.15, -0.1) is 0 Å². The lowest BCUT2D eigenvalue weighted by Crippen LogP contribution is -2.11. The number of halogens is 1. The Kier molecular flexibility index (Phi) is 4.20. The zero-order chi connectivity index (χ0) is 14.5. The van der Waals surface area contributed by atoms with E-state index in [1.807, 2.05) is 6.07 Å². The number of nitrogens with two attached hydrogens (primary N) is 1. The van der Waals surface area contributed by atoms with E-state index in [0.717, 1.165) is 0 Å². The number of ether oxygens (including phenoxy) is 1. The third kappa shape index (κ3) is 2.71. The molecule has 2 rings (SSSR count). The second-order valence-corrected chi connectivity index (χ2v) is 4.09. The van der Waals surface area contributed by atoms with Gasteiger partial charge in [-0.05, 0) is 18.2 Å². The van der Waals surface area contributed by atoms with Gasteiger partial charge in [0.1, 0.15) is 6.33 Å². The molecule has 0 bridgehead atoms. The Balaban J connectivity index is 2.42. The van der Waals surface area contributed by atoms with Gasteiger partial charge in [0.05, 0.1) is 29.5 Å². The fourth-order valence-corrected chi connectivity index (χ4v) is 1.74. The van der Waals surface area contributed by atoms with Crippen LogP contribution in [0.1, 0.15) is 5.56 Å². The van der Waals surface area contributed by atoms with Crippen LogP contribution in [0.5, 0.6) is 5.75 Å². The van der Waals surface area contributed by atoms with Crippen LogP contribution in [0.15, 0.2) is 24.5 Å². The van der Waals surface area contributed by atoms with Gasteiger partial charge in [-0.1, -0.05) is 11.6 Å². The summed E-state index contributed by atoms with van der Waals surface area (Å²) in [5, 5.41) is 12.3. The van der Waals surface area contributed by atoms with Crippen molar-refractivity contribution in [2.75, 3.05) is 17.9 Å². The molecule has 1 aromatic heterocycles. The lowest BCUT2D eigenvalue weighted by Gasteiger charge is -2.13. The Morgan fingerprint density at radius 3 is 2.75 bits per heavy atom. The van der Waals surface area contributed by atoms with E-state index in [2.05, 4.69) is 20.7 Å². The van der Waals surface area contributed by atoms with Crippen LogP contribution >= 0.6 is 11.6 Å². The van der Waals surface area contributed by atoms with Crippen molar-refractivity contribution in [1.82, 2.24) is 9.97 Å². The maximum atomic E-state index is 8.90. The summed E-state index contributed by atoms with van der Waals surface area (Å²) in [7, 11) is 1.47. The molecule has 0 amide bonds. The highest BCUT2D eigenvalue weighted by Gasteiger charge is 2.13. The third-order valence-electron chi connectivity index (χ3n) is 2.49. The van der Waals surface area contributed by atoms with E-state index in [4.69, 9.17) is 27.4 Å². The molecular weight excluding hydrogens is 280 g/mol. The summed E-state index contributed by atoms with van der Waals surface area (Å²) < 4.78 is 5.20. The number of anilines is 3. The number of aromatic nitrogens is 2. The van der Waals surface area contributed by atoms with E-state index < -0.39 is 0 Å². The highest BCUT2D eigenvalue weighted by Crippen LogP contribution is 2.33. The topological polar surface area (TPSA) is 109 Å². The zero-order valence-corrected chi connectivity index (χ0v) is 11.3. The van der Waals surface area contributed by atoms with Crippen molar-refractivity contribution in [3.63, 3.8) is 0 Å². The SMILES string of the molecule is COc1c(NN)ncnc1Nc1cc(C#N)ccc1Cl. The molecule has 4 N–H and O–H groups in total. The first-order chi connectivity index (χ1) is 9.69. The average Bonchev–Trinajstić information content (AvgIpc) is 2.49. The van der Waals surface area contributed by atoms with Crippen LogP contribution in [-0.4, -0.2) is 17.1 Å². The number of hydrogen-bond acceptors (Lipinski definition) is 7. The Labute approximate surface area is 120 Å². The van der Waals surface area contributed by atoms with E-state index in [9.17, 15) is 0 Å². The number of hydrogen-bond donors (Lipinski definition) is 3. The monoisotopic (exact) mass is 290 g/mol. The van der Waals surface area contributed by atoms with Crippen molar-refractivity contribution >= 4 is 28.9 Å². The predicted octanol–water partition coefficient (Wildman–Crippen LogP) is 2.04. The van der Waals surface area contributed by atoms with Crippen LogP contribution < -0.4 is 21.3 Å². The molecule has 0 saturated carbocycles. The molecule has 7 nitrogen and oxygen atoms in total. The first-order valence-corrected chi connectivity index (χ1v) is 5.89. The molecule has 0 atom stereocenters. The molecule has 0 unspecified atom stereocenters. The van der Waals surface area contributed by atoms with Gasteiger partial charge in [0, 0.05) is 0 Å². The minimum atomic E-state index is 0.331. The largest absolute Gasteiger partial charge is 0.490 e. The van der Waals surface area contributed by atoms with Crippen molar-refractivity contribution in [3.05, 3.63) is 35.1 Å². The van der Waals surface area contributed by atoms with Crippen LogP contribution in [0.2, 0.25) is 5.02 Å². The minimum Gasteiger partial charge on any atom is -0.490 e. The Bertz CT molecular complexity index is 669. The van der Waals surface area contributed by atoms with Gasteiger partial charge >= 0.3 is 0 Å². The summed E-state index contributed by atoms with van der Waals surface area (Å²) in [6.07, 6.45) is 1.32. The second-order valence-electron chi connectivity index (χ2n) is 3.68. The molecular formula is C12H11ClN6O. The Morgan fingerprint density at radius 2 is 2.10 bits per heavy atom. The third-order valence-corrected chi connectivity index (χ3v) is 2.82. The van der Waals surface area contributed by atoms with E-state index in [0.29, 0.717) is 33.7 Å². The first kappa shape index (κ1) is 13.9. The first-order valence-electron chi connectivity index (χ1n) is 5.52. The van der Waals surface area contributed by atoms with Gasteiger partial charge in [0.25, 0.3) is 0 Å². The predicted molar refractivity (Wildman–Crippen MR) is 75.8 cm³/mol. The molecule has 0 spiro atoms. The highest BCUT2D eigenvalue weighted by molar-refractivity contribution is 6.33. The molecule has 0 saturated heterocycles. The number of hydrazine groups is 1. The molecule has 1 aromatic carbocycles. The molecule has 0 radical (unpaired) electrons. The van der Waals surface area contributed by atoms with Gasteiger partial charge in [-0.2, -0.15) is 5.26 Å². The number of nitriles is 1. The maximum Gasteiger partial charge on any atom is 0.205 e. The van der Waals surface area contributed by atoms with Crippen molar-refractivity contribution in [2.45, 2.75) is 0 Å². The smallest absolute Gasteiger partial charge is 0.205 e. The van der Waals surface area contributed by atoms with Gasteiger partial charge in [-0.25, -0.2) is 15.8 Å². The van der Waals surface area contributed by atoms with Gasteiger partial charge in [0.15, 0.2) is 11.6 Å². The van der Waals surface area contributed by atoms with Gasteiger partial charge in [0.2, 0.25) is 5.75 Å². The normalized spacial score (nSPS) is 9.70. The molecule has 0 fully saturated rings. The number of rotatable bonds is 4. The van der Waals surface area contributed by atoms with Gasteiger partial charge in [-0.3, -0.25) is 0 Å². The lowest BCUT2D eigenvalue weighted by atomic mass is 10.2. The number of nitrogen functional groups attached to an aromatic ring is 1. The molecule has 8 heteroatoms. The zero-order valence-electron chi connectivity index (χ0n) is 10.5. The average molecular weight is 291 g/mol. The summed E-state index contributed by atoms with van der Waals surface area (Å²) in [4.78, 5) is 7.99. The van der Waals surface area contributed by atoms with E-state index in [1.54, 1.807) is 18.2 Å². The lowest BCUT2D eigenvalue weighted by molar-refractivity contribution is 0.415. The van der Waals surface area contributed by atoms with E-state index >= 15 is 0 Å².